The third kappa shape index (κ3) is 4.74. The Kier molecular flexibility index (Phi) is 7.52. The molecule has 1 aliphatic rings. The molecule has 2 atom stereocenters. The number of carbonyl (C=O) groups excluding carboxylic acids is 1. The Labute approximate surface area is 123 Å². The highest BCUT2D eigenvalue weighted by molar-refractivity contribution is 5.82. The molecular formula is C16H31NO3. The van der Waals surface area contributed by atoms with E-state index in [0.717, 1.165) is 19.3 Å². The average Bonchev–Trinajstić information content (AvgIpc) is 3.29. The summed E-state index contributed by atoms with van der Waals surface area (Å²) in [4.78, 5) is 12.1. The van der Waals surface area contributed by atoms with Gasteiger partial charge < -0.3 is 14.8 Å². The van der Waals surface area contributed by atoms with E-state index in [9.17, 15) is 4.79 Å². The van der Waals surface area contributed by atoms with Crippen molar-refractivity contribution < 1.29 is 14.3 Å². The lowest BCUT2D eigenvalue weighted by atomic mass is 9.94. The number of esters is 1. The van der Waals surface area contributed by atoms with E-state index in [2.05, 4.69) is 19.2 Å². The molecule has 0 spiro atoms. The average molecular weight is 285 g/mol. The zero-order valence-corrected chi connectivity index (χ0v) is 13.5. The van der Waals surface area contributed by atoms with Crippen molar-refractivity contribution in [2.24, 2.45) is 5.92 Å². The van der Waals surface area contributed by atoms with E-state index >= 15 is 0 Å². The summed E-state index contributed by atoms with van der Waals surface area (Å²) in [5.41, 5.74) is -0.646. The summed E-state index contributed by atoms with van der Waals surface area (Å²) in [7, 11) is 3.27. The van der Waals surface area contributed by atoms with Gasteiger partial charge in [0.15, 0.2) is 0 Å². The molecule has 1 rings (SSSR count). The first kappa shape index (κ1) is 17.4. The predicted octanol–water partition coefficient (Wildman–Crippen LogP) is 2.90. The summed E-state index contributed by atoms with van der Waals surface area (Å²) in [6, 6.07) is 0. The van der Waals surface area contributed by atoms with E-state index in [1.165, 1.54) is 32.8 Å². The van der Waals surface area contributed by atoms with Gasteiger partial charge in [-0.05, 0) is 39.2 Å². The van der Waals surface area contributed by atoms with Crippen LogP contribution in [0.3, 0.4) is 0 Å². The fourth-order valence-electron chi connectivity index (χ4n) is 2.70. The van der Waals surface area contributed by atoms with Crippen LogP contribution in [0.5, 0.6) is 0 Å². The van der Waals surface area contributed by atoms with Gasteiger partial charge >= 0.3 is 5.97 Å². The monoisotopic (exact) mass is 285 g/mol. The second kappa shape index (κ2) is 8.63. The molecular weight excluding hydrogens is 254 g/mol. The number of likely N-dealkylation sites (N-methyl/N-ethyl adjacent to an activating group) is 1. The van der Waals surface area contributed by atoms with Crippen LogP contribution in [0.25, 0.3) is 0 Å². The van der Waals surface area contributed by atoms with Crippen molar-refractivity contribution in [3.8, 4) is 0 Å². The lowest BCUT2D eigenvalue weighted by Gasteiger charge is -2.31. The molecule has 20 heavy (non-hydrogen) atoms. The number of carbonyl (C=O) groups is 1. The van der Waals surface area contributed by atoms with Crippen LogP contribution >= 0.6 is 0 Å². The zero-order valence-electron chi connectivity index (χ0n) is 13.5. The summed E-state index contributed by atoms with van der Waals surface area (Å²) < 4.78 is 10.9. The highest BCUT2D eigenvalue weighted by Crippen LogP contribution is 2.40. The molecule has 0 bridgehead atoms. The molecule has 0 heterocycles. The largest absolute Gasteiger partial charge is 0.468 e. The van der Waals surface area contributed by atoms with Gasteiger partial charge in [-0.15, -0.1) is 0 Å². The van der Waals surface area contributed by atoms with E-state index in [0.29, 0.717) is 12.5 Å². The minimum absolute atomic E-state index is 0.194. The molecule has 1 fully saturated rings. The highest BCUT2D eigenvalue weighted by atomic mass is 16.5. The van der Waals surface area contributed by atoms with Gasteiger partial charge in [0, 0.05) is 0 Å². The third-order valence-corrected chi connectivity index (χ3v) is 4.33. The summed E-state index contributed by atoms with van der Waals surface area (Å²) in [6.07, 6.45) is 8.41. The Hall–Kier alpha value is -0.610. The Morgan fingerprint density at radius 3 is 2.55 bits per heavy atom. The van der Waals surface area contributed by atoms with E-state index in [-0.39, 0.29) is 12.1 Å². The number of hydrogen-bond acceptors (Lipinski definition) is 4. The van der Waals surface area contributed by atoms with Gasteiger partial charge in [-0.3, -0.25) is 0 Å². The summed E-state index contributed by atoms with van der Waals surface area (Å²) in [6.45, 7) is 4.72. The molecule has 4 heteroatoms. The number of hydrogen-bond donors (Lipinski definition) is 1. The predicted molar refractivity (Wildman–Crippen MR) is 80.7 cm³/mol. The second-order valence-corrected chi connectivity index (χ2v) is 5.96. The van der Waals surface area contributed by atoms with Crippen molar-refractivity contribution in [3.63, 3.8) is 0 Å². The fraction of sp³-hybridized carbons (Fsp3) is 0.938. The molecule has 0 aromatic heterocycles. The van der Waals surface area contributed by atoms with Crippen molar-refractivity contribution >= 4 is 5.97 Å². The van der Waals surface area contributed by atoms with E-state index in [1.807, 2.05) is 7.05 Å². The molecule has 2 unspecified atom stereocenters. The lowest BCUT2D eigenvalue weighted by molar-refractivity contribution is -0.153. The summed E-state index contributed by atoms with van der Waals surface area (Å²) in [5.74, 6) is 0.160. The van der Waals surface area contributed by atoms with Crippen LogP contribution in [-0.2, 0) is 14.3 Å². The third-order valence-electron chi connectivity index (χ3n) is 4.33. The van der Waals surface area contributed by atoms with Gasteiger partial charge in [0.05, 0.1) is 19.8 Å². The smallest absolute Gasteiger partial charge is 0.328 e. The van der Waals surface area contributed by atoms with Gasteiger partial charge in [0.25, 0.3) is 0 Å². The summed E-state index contributed by atoms with van der Waals surface area (Å²) >= 11 is 0. The van der Waals surface area contributed by atoms with Crippen LogP contribution in [0.1, 0.15) is 58.8 Å². The number of ether oxygens (including phenoxy) is 2. The first-order chi connectivity index (χ1) is 9.60. The van der Waals surface area contributed by atoms with Crippen molar-refractivity contribution in [1.29, 1.82) is 0 Å². The maximum absolute atomic E-state index is 12.1. The lowest BCUT2D eigenvalue weighted by Crippen LogP contribution is -2.57. The maximum Gasteiger partial charge on any atom is 0.328 e. The number of rotatable bonds is 11. The molecule has 1 saturated carbocycles. The van der Waals surface area contributed by atoms with Gasteiger partial charge in [-0.25, -0.2) is 4.79 Å². The fourth-order valence-corrected chi connectivity index (χ4v) is 2.70. The Balaban J connectivity index is 2.40. The van der Waals surface area contributed by atoms with E-state index < -0.39 is 5.54 Å². The SMILES string of the molecule is CCCCCCC(C)OCC(NC)(C(=O)OC)C1CC1. The van der Waals surface area contributed by atoms with Gasteiger partial charge in [0.1, 0.15) is 5.54 Å². The Bertz CT molecular complexity index is 291. The van der Waals surface area contributed by atoms with Gasteiger partial charge in [0.2, 0.25) is 0 Å². The topological polar surface area (TPSA) is 47.6 Å². The first-order valence-corrected chi connectivity index (χ1v) is 7.99. The van der Waals surface area contributed by atoms with Crippen molar-refractivity contribution in [2.75, 3.05) is 20.8 Å². The van der Waals surface area contributed by atoms with E-state index in [1.54, 1.807) is 0 Å². The molecule has 1 aliphatic carbocycles. The molecule has 4 nitrogen and oxygen atoms in total. The number of methoxy groups -OCH3 is 1. The normalized spacial score (nSPS) is 19.4. The molecule has 0 amide bonds. The number of unbranched alkanes of at least 4 members (excludes halogenated alkanes) is 3. The maximum atomic E-state index is 12.1. The zero-order chi connectivity index (χ0) is 15.0. The molecule has 118 valence electrons. The Morgan fingerprint density at radius 2 is 2.05 bits per heavy atom. The minimum Gasteiger partial charge on any atom is -0.468 e. The standard InChI is InChI=1S/C16H31NO3/c1-5-6-7-8-9-13(2)20-12-16(17-3,14-10-11-14)15(18)19-4/h13-14,17H,5-12H2,1-4H3. The Morgan fingerprint density at radius 1 is 1.35 bits per heavy atom. The molecule has 0 aromatic rings. The number of nitrogens with one attached hydrogen (secondary N) is 1. The second-order valence-electron chi connectivity index (χ2n) is 5.96. The van der Waals surface area contributed by atoms with Gasteiger partial charge in [-0.1, -0.05) is 32.6 Å². The molecule has 0 aromatic carbocycles. The summed E-state index contributed by atoms with van der Waals surface area (Å²) in [5, 5.41) is 3.16. The quantitative estimate of drug-likeness (QED) is 0.468. The molecule has 0 saturated heterocycles. The van der Waals surface area contributed by atoms with Crippen molar-refractivity contribution in [2.45, 2.75) is 70.4 Å². The van der Waals surface area contributed by atoms with Crippen molar-refractivity contribution in [1.82, 2.24) is 5.32 Å². The first-order valence-electron chi connectivity index (χ1n) is 7.99. The van der Waals surface area contributed by atoms with E-state index in [4.69, 9.17) is 9.47 Å². The van der Waals surface area contributed by atoms with Crippen molar-refractivity contribution in [3.05, 3.63) is 0 Å². The van der Waals surface area contributed by atoms with Crippen LogP contribution in [0.15, 0.2) is 0 Å². The molecule has 0 aliphatic heterocycles. The van der Waals surface area contributed by atoms with Crippen LogP contribution in [0.2, 0.25) is 0 Å². The van der Waals surface area contributed by atoms with Crippen LogP contribution < -0.4 is 5.32 Å². The van der Waals surface area contributed by atoms with Gasteiger partial charge in [-0.2, -0.15) is 0 Å². The molecule has 0 radical (unpaired) electrons. The van der Waals surface area contributed by atoms with Crippen LogP contribution in [0, 0.1) is 5.92 Å². The van der Waals surface area contributed by atoms with Crippen LogP contribution in [-0.4, -0.2) is 38.4 Å². The molecule has 1 N–H and O–H groups in total. The highest BCUT2D eigenvalue weighted by Gasteiger charge is 2.51. The van der Waals surface area contributed by atoms with Crippen LogP contribution in [0.4, 0.5) is 0 Å². The minimum atomic E-state index is -0.646.